The van der Waals surface area contributed by atoms with E-state index in [0.29, 0.717) is 24.0 Å². The van der Waals surface area contributed by atoms with Gasteiger partial charge in [-0.25, -0.2) is 4.98 Å². The summed E-state index contributed by atoms with van der Waals surface area (Å²) in [6, 6.07) is 1.66. The first-order valence-corrected chi connectivity index (χ1v) is 11.1. The average Bonchev–Trinajstić information content (AvgIpc) is 3.38. The zero-order valence-electron chi connectivity index (χ0n) is 17.3. The van der Waals surface area contributed by atoms with E-state index in [1.54, 1.807) is 16.0 Å². The fraction of sp³-hybridized carbons (Fsp3) is 0.440. The summed E-state index contributed by atoms with van der Waals surface area (Å²) in [6.45, 7) is 0.143. The summed E-state index contributed by atoms with van der Waals surface area (Å²) in [7, 11) is 0. The minimum atomic E-state index is -0.0655. The van der Waals surface area contributed by atoms with Crippen LogP contribution in [0.15, 0.2) is 59.1 Å². The number of imidazole rings is 1. The summed E-state index contributed by atoms with van der Waals surface area (Å²) >= 11 is 0. The molecule has 1 fully saturated rings. The van der Waals surface area contributed by atoms with Crippen LogP contribution >= 0.6 is 0 Å². The lowest BCUT2D eigenvalue weighted by molar-refractivity contribution is 0.198. The second-order valence-corrected chi connectivity index (χ2v) is 9.01. The molecule has 5 heteroatoms. The summed E-state index contributed by atoms with van der Waals surface area (Å²) in [5, 5.41) is 10.0. The van der Waals surface area contributed by atoms with Crippen LogP contribution in [-0.2, 0) is 6.42 Å². The lowest BCUT2D eigenvalue weighted by Crippen LogP contribution is -2.19. The summed E-state index contributed by atoms with van der Waals surface area (Å²) in [4.78, 5) is 20.7. The van der Waals surface area contributed by atoms with Crippen molar-refractivity contribution in [3.8, 4) is 0 Å². The fourth-order valence-corrected chi connectivity index (χ4v) is 5.32. The van der Waals surface area contributed by atoms with Crippen molar-refractivity contribution in [3.05, 3.63) is 76.0 Å². The van der Waals surface area contributed by atoms with E-state index in [9.17, 15) is 9.90 Å². The lowest BCUT2D eigenvalue weighted by atomic mass is 9.89. The van der Waals surface area contributed by atoms with E-state index in [0.717, 1.165) is 49.1 Å². The van der Waals surface area contributed by atoms with E-state index in [-0.39, 0.29) is 18.1 Å². The van der Waals surface area contributed by atoms with E-state index in [2.05, 4.69) is 40.3 Å². The molecule has 0 amide bonds. The first kappa shape index (κ1) is 19.3. The Bertz CT molecular complexity index is 1120. The van der Waals surface area contributed by atoms with Gasteiger partial charge in [0, 0.05) is 24.6 Å². The maximum absolute atomic E-state index is 12.7. The highest BCUT2D eigenvalue weighted by Gasteiger charge is 2.30. The molecule has 2 N–H and O–H groups in total. The summed E-state index contributed by atoms with van der Waals surface area (Å²) in [5.41, 5.74) is 4.39. The van der Waals surface area contributed by atoms with Crippen LogP contribution in [0.1, 0.15) is 49.9 Å². The van der Waals surface area contributed by atoms with Gasteiger partial charge in [0.1, 0.15) is 0 Å². The number of hydrogen-bond acceptors (Lipinski definition) is 3. The van der Waals surface area contributed by atoms with E-state index >= 15 is 0 Å². The number of H-pyrrole nitrogens is 1. The highest BCUT2D eigenvalue weighted by atomic mass is 16.3. The molecule has 2 aromatic rings. The number of nitrogens with zero attached hydrogens (tertiary/aromatic N) is 2. The van der Waals surface area contributed by atoms with Gasteiger partial charge in [0.15, 0.2) is 0 Å². The van der Waals surface area contributed by atoms with Crippen LogP contribution in [0.3, 0.4) is 0 Å². The number of aliphatic hydroxyl groups is 1. The molecule has 0 spiro atoms. The Balaban J connectivity index is 1.32. The Kier molecular flexibility index (Phi) is 5.30. The average molecular weight is 404 g/mol. The monoisotopic (exact) mass is 403 g/mol. The van der Waals surface area contributed by atoms with E-state index in [1.807, 2.05) is 12.3 Å². The predicted molar refractivity (Wildman–Crippen MR) is 119 cm³/mol. The van der Waals surface area contributed by atoms with E-state index in [4.69, 9.17) is 0 Å². The number of aromatic nitrogens is 3. The maximum Gasteiger partial charge on any atom is 0.259 e. The predicted octanol–water partition coefficient (Wildman–Crippen LogP) is 4.21. The molecule has 3 aliphatic rings. The molecule has 2 aromatic heterocycles. The molecule has 0 aliphatic heterocycles. The first-order valence-electron chi connectivity index (χ1n) is 11.1. The molecule has 5 nitrogen and oxygen atoms in total. The number of nitrogens with one attached hydrogen (secondary N) is 1. The van der Waals surface area contributed by atoms with Crippen LogP contribution in [0.4, 0.5) is 0 Å². The van der Waals surface area contributed by atoms with E-state index < -0.39 is 0 Å². The molecule has 30 heavy (non-hydrogen) atoms. The van der Waals surface area contributed by atoms with Crippen molar-refractivity contribution in [2.24, 2.45) is 17.8 Å². The second kappa shape index (κ2) is 8.23. The lowest BCUT2D eigenvalue weighted by Gasteiger charge is -2.18. The van der Waals surface area contributed by atoms with Gasteiger partial charge in [-0.15, -0.1) is 0 Å². The van der Waals surface area contributed by atoms with Crippen LogP contribution in [0.25, 0.3) is 11.4 Å². The van der Waals surface area contributed by atoms with Crippen LogP contribution in [-0.4, -0.2) is 26.1 Å². The number of hydrogen-bond donors (Lipinski definition) is 2. The highest BCUT2D eigenvalue weighted by Crippen LogP contribution is 2.42. The molecule has 0 aromatic carbocycles. The maximum atomic E-state index is 12.7. The minimum absolute atomic E-state index is 0.0655. The molecule has 0 bridgehead atoms. The highest BCUT2D eigenvalue weighted by molar-refractivity contribution is 5.66. The molecule has 3 unspecified atom stereocenters. The summed E-state index contributed by atoms with van der Waals surface area (Å²) < 4.78 is 1.59. The van der Waals surface area contributed by atoms with Crippen molar-refractivity contribution in [3.63, 3.8) is 0 Å². The van der Waals surface area contributed by atoms with Gasteiger partial charge < -0.3 is 10.1 Å². The third kappa shape index (κ3) is 3.86. The third-order valence-electron chi connectivity index (χ3n) is 6.82. The standard InChI is InChI=1S/C25H29N3O2/c29-16-18(10-17-11-20-8-4-5-9-21(20)12-17)13-22-14-24(30)28-15-23(27-25(28)26-22)19-6-2-1-3-7-19/h1-2,4-6,8,14-15,17-18,21,29H,3,7,9-13,16H2,(H,26,27). The van der Waals surface area contributed by atoms with Crippen molar-refractivity contribution in [1.82, 2.24) is 14.4 Å². The Morgan fingerprint density at radius 1 is 1.27 bits per heavy atom. The van der Waals surface area contributed by atoms with Crippen molar-refractivity contribution < 1.29 is 5.11 Å². The van der Waals surface area contributed by atoms with Crippen molar-refractivity contribution in [2.45, 2.75) is 44.9 Å². The van der Waals surface area contributed by atoms with Gasteiger partial charge in [0.2, 0.25) is 5.78 Å². The Hall–Kier alpha value is -2.66. The van der Waals surface area contributed by atoms with Gasteiger partial charge in [0.05, 0.1) is 5.69 Å². The van der Waals surface area contributed by atoms with Crippen LogP contribution < -0.4 is 5.56 Å². The minimum Gasteiger partial charge on any atom is -0.396 e. The van der Waals surface area contributed by atoms with Gasteiger partial charge in [-0.1, -0.05) is 42.0 Å². The van der Waals surface area contributed by atoms with Crippen molar-refractivity contribution >= 4 is 11.4 Å². The van der Waals surface area contributed by atoms with Crippen LogP contribution in [0.2, 0.25) is 0 Å². The zero-order valence-corrected chi connectivity index (χ0v) is 17.3. The first-order chi connectivity index (χ1) is 14.7. The Labute approximate surface area is 176 Å². The van der Waals surface area contributed by atoms with Gasteiger partial charge in [-0.3, -0.25) is 9.20 Å². The molecule has 3 atom stereocenters. The van der Waals surface area contributed by atoms with Gasteiger partial charge in [-0.2, -0.15) is 0 Å². The van der Waals surface area contributed by atoms with Crippen LogP contribution in [0.5, 0.6) is 0 Å². The molecule has 2 heterocycles. The number of allylic oxidation sites excluding steroid dienone is 8. The second-order valence-electron chi connectivity index (χ2n) is 9.01. The van der Waals surface area contributed by atoms with E-state index in [1.165, 1.54) is 6.42 Å². The Morgan fingerprint density at radius 3 is 2.97 bits per heavy atom. The summed E-state index contributed by atoms with van der Waals surface area (Å²) in [5.74, 6) is 2.06. The number of aromatic amines is 1. The van der Waals surface area contributed by atoms with Crippen molar-refractivity contribution in [1.29, 1.82) is 0 Å². The SMILES string of the molecule is O=c1cc(CC(CO)CC2CC3=CC=CCC3C2)[nH]c2nc(C3=CC=CCC3)cn12. The molecule has 1 saturated carbocycles. The van der Waals surface area contributed by atoms with Crippen LogP contribution in [0, 0.1) is 17.8 Å². The van der Waals surface area contributed by atoms with Gasteiger partial charge in [-0.05, 0) is 68.3 Å². The topological polar surface area (TPSA) is 70.4 Å². The number of aliphatic hydroxyl groups excluding tert-OH is 1. The number of rotatable bonds is 6. The molecule has 0 radical (unpaired) electrons. The third-order valence-corrected chi connectivity index (χ3v) is 6.82. The normalized spacial score (nSPS) is 24.0. The number of fused-ring (bicyclic) bond motifs is 2. The quantitative estimate of drug-likeness (QED) is 0.759. The van der Waals surface area contributed by atoms with Gasteiger partial charge in [0.25, 0.3) is 5.56 Å². The summed E-state index contributed by atoms with van der Waals surface area (Å²) in [6.07, 6.45) is 22.0. The molecule has 0 saturated heterocycles. The Morgan fingerprint density at radius 2 is 2.17 bits per heavy atom. The molecular formula is C25H29N3O2. The van der Waals surface area contributed by atoms with Crippen molar-refractivity contribution in [2.75, 3.05) is 6.61 Å². The van der Waals surface area contributed by atoms with Gasteiger partial charge >= 0.3 is 0 Å². The molecule has 5 rings (SSSR count). The molecule has 156 valence electrons. The fourth-order valence-electron chi connectivity index (χ4n) is 5.32. The smallest absolute Gasteiger partial charge is 0.259 e. The molecular weight excluding hydrogens is 374 g/mol. The zero-order chi connectivity index (χ0) is 20.5. The molecule has 3 aliphatic carbocycles. The largest absolute Gasteiger partial charge is 0.396 e.